The van der Waals surface area contributed by atoms with Gasteiger partial charge in [-0.3, -0.25) is 4.79 Å². The number of nitrogens with one attached hydrogen (secondary N) is 1. The van der Waals surface area contributed by atoms with Gasteiger partial charge < -0.3 is 5.32 Å². The summed E-state index contributed by atoms with van der Waals surface area (Å²) in [5, 5.41) is 2.91. The molecule has 1 atom stereocenters. The molecule has 1 N–H and O–H groups in total. The molecule has 0 bridgehead atoms. The molecule has 0 spiro atoms. The third kappa shape index (κ3) is 2.70. The van der Waals surface area contributed by atoms with Crippen molar-refractivity contribution in [2.24, 2.45) is 11.3 Å². The van der Waals surface area contributed by atoms with Gasteiger partial charge in [0.25, 0.3) is 0 Å². The average molecular weight is 187 g/mol. The van der Waals surface area contributed by atoms with E-state index in [0.29, 0.717) is 23.5 Å². The molecule has 0 aromatic heterocycles. The Balaban J connectivity index is 2.07. The largest absolute Gasteiger partial charge is 0.356 e. The van der Waals surface area contributed by atoms with Crippen molar-refractivity contribution >= 4 is 18.5 Å². The number of amides is 1. The van der Waals surface area contributed by atoms with Crippen LogP contribution in [0.25, 0.3) is 0 Å². The van der Waals surface area contributed by atoms with E-state index >= 15 is 0 Å². The fourth-order valence-electron chi connectivity index (χ4n) is 1.35. The van der Waals surface area contributed by atoms with Gasteiger partial charge in [-0.2, -0.15) is 12.6 Å². The predicted octanol–water partition coefficient (Wildman–Crippen LogP) is 1.47. The van der Waals surface area contributed by atoms with E-state index < -0.39 is 0 Å². The smallest absolute Gasteiger partial charge is 0.220 e. The molecule has 1 aliphatic rings. The molecule has 0 heterocycles. The van der Waals surface area contributed by atoms with Crippen LogP contribution >= 0.6 is 12.6 Å². The van der Waals surface area contributed by atoms with Crippen molar-refractivity contribution in [1.29, 1.82) is 0 Å². The Morgan fingerprint density at radius 3 is 2.67 bits per heavy atom. The summed E-state index contributed by atoms with van der Waals surface area (Å²) in [6.45, 7) is 5.32. The highest BCUT2D eigenvalue weighted by atomic mass is 32.1. The number of carbonyl (C=O) groups is 1. The van der Waals surface area contributed by atoms with E-state index in [1.807, 2.05) is 0 Å². The van der Waals surface area contributed by atoms with Gasteiger partial charge in [0.1, 0.15) is 0 Å². The number of carbonyl (C=O) groups excluding carboxylic acids is 1. The Kier molecular flexibility index (Phi) is 3.04. The van der Waals surface area contributed by atoms with Gasteiger partial charge in [-0.05, 0) is 23.5 Å². The predicted molar refractivity (Wildman–Crippen MR) is 53.4 cm³/mol. The van der Waals surface area contributed by atoms with Gasteiger partial charge in [-0.15, -0.1) is 0 Å². The highest BCUT2D eigenvalue weighted by molar-refractivity contribution is 7.80. The van der Waals surface area contributed by atoms with E-state index in [1.165, 1.54) is 6.42 Å². The Morgan fingerprint density at radius 2 is 2.25 bits per heavy atom. The second kappa shape index (κ2) is 3.69. The highest BCUT2D eigenvalue weighted by Gasteiger charge is 2.45. The van der Waals surface area contributed by atoms with Crippen molar-refractivity contribution in [2.75, 3.05) is 12.3 Å². The summed E-state index contributed by atoms with van der Waals surface area (Å²) in [5.74, 6) is 1.47. The van der Waals surface area contributed by atoms with Gasteiger partial charge in [0.15, 0.2) is 0 Å². The Morgan fingerprint density at radius 1 is 1.67 bits per heavy atom. The van der Waals surface area contributed by atoms with Crippen LogP contribution in [0.4, 0.5) is 0 Å². The lowest BCUT2D eigenvalue weighted by Gasteiger charge is -2.04. The molecule has 1 amide bonds. The summed E-state index contributed by atoms with van der Waals surface area (Å²) in [6, 6.07) is 0. The maximum atomic E-state index is 11.0. The number of rotatable bonds is 4. The normalized spacial score (nSPS) is 25.1. The molecule has 12 heavy (non-hydrogen) atoms. The first kappa shape index (κ1) is 9.90. The zero-order chi connectivity index (χ0) is 9.19. The number of hydrogen-bond acceptors (Lipinski definition) is 2. The first-order valence-electron chi connectivity index (χ1n) is 4.44. The fourth-order valence-corrected chi connectivity index (χ4v) is 1.55. The molecule has 1 unspecified atom stereocenters. The minimum Gasteiger partial charge on any atom is -0.356 e. The van der Waals surface area contributed by atoms with Gasteiger partial charge in [0, 0.05) is 13.0 Å². The van der Waals surface area contributed by atoms with Gasteiger partial charge in [0.2, 0.25) is 5.91 Å². The molecule has 1 aliphatic carbocycles. The first-order chi connectivity index (χ1) is 5.56. The summed E-state index contributed by atoms with van der Waals surface area (Å²) in [6.07, 6.45) is 1.78. The Labute approximate surface area is 79.5 Å². The standard InChI is InChI=1S/C9H17NOS/c1-9(2)5-7(9)6-10-8(11)3-4-12/h7,12H,3-6H2,1-2H3,(H,10,11). The SMILES string of the molecule is CC1(C)CC1CNC(=O)CCS. The molecule has 0 aliphatic heterocycles. The lowest BCUT2D eigenvalue weighted by atomic mass is 10.1. The third-order valence-corrected chi connectivity index (χ3v) is 2.83. The van der Waals surface area contributed by atoms with Crippen LogP contribution in [0.5, 0.6) is 0 Å². The van der Waals surface area contributed by atoms with E-state index in [2.05, 4.69) is 31.8 Å². The quantitative estimate of drug-likeness (QED) is 0.641. The zero-order valence-electron chi connectivity index (χ0n) is 7.76. The van der Waals surface area contributed by atoms with Crippen molar-refractivity contribution in [3.05, 3.63) is 0 Å². The van der Waals surface area contributed by atoms with Crippen LogP contribution in [0, 0.1) is 11.3 Å². The Hall–Kier alpha value is -0.180. The van der Waals surface area contributed by atoms with Crippen molar-refractivity contribution < 1.29 is 4.79 Å². The summed E-state index contributed by atoms with van der Waals surface area (Å²) in [7, 11) is 0. The molecular weight excluding hydrogens is 170 g/mol. The summed E-state index contributed by atoms with van der Waals surface area (Å²) < 4.78 is 0. The number of thiol groups is 1. The summed E-state index contributed by atoms with van der Waals surface area (Å²) >= 11 is 3.99. The average Bonchev–Trinajstić information content (AvgIpc) is 2.56. The molecule has 0 aromatic carbocycles. The van der Waals surface area contributed by atoms with Gasteiger partial charge in [0.05, 0.1) is 0 Å². The molecule has 3 heteroatoms. The highest BCUT2D eigenvalue weighted by Crippen LogP contribution is 2.50. The summed E-state index contributed by atoms with van der Waals surface area (Å²) in [4.78, 5) is 11.0. The molecular formula is C9H17NOS. The van der Waals surface area contributed by atoms with Gasteiger partial charge >= 0.3 is 0 Å². The van der Waals surface area contributed by atoms with E-state index in [4.69, 9.17) is 0 Å². The molecule has 0 saturated heterocycles. The van der Waals surface area contributed by atoms with Crippen LogP contribution in [-0.4, -0.2) is 18.2 Å². The lowest BCUT2D eigenvalue weighted by molar-refractivity contribution is -0.120. The van der Waals surface area contributed by atoms with Crippen molar-refractivity contribution in [2.45, 2.75) is 26.7 Å². The van der Waals surface area contributed by atoms with Crippen LogP contribution in [0.3, 0.4) is 0 Å². The maximum Gasteiger partial charge on any atom is 0.220 e. The van der Waals surface area contributed by atoms with Gasteiger partial charge in [-0.25, -0.2) is 0 Å². The van der Waals surface area contributed by atoms with E-state index in [0.717, 1.165) is 6.54 Å². The fraction of sp³-hybridized carbons (Fsp3) is 0.889. The zero-order valence-corrected chi connectivity index (χ0v) is 8.66. The molecule has 1 rings (SSSR count). The van der Waals surface area contributed by atoms with Crippen LogP contribution in [-0.2, 0) is 4.79 Å². The topological polar surface area (TPSA) is 29.1 Å². The van der Waals surface area contributed by atoms with Crippen LogP contribution in [0.1, 0.15) is 26.7 Å². The maximum absolute atomic E-state index is 11.0. The molecule has 0 aromatic rings. The second-order valence-electron chi connectivity index (χ2n) is 4.17. The molecule has 2 nitrogen and oxygen atoms in total. The van der Waals surface area contributed by atoms with Crippen LogP contribution in [0.15, 0.2) is 0 Å². The van der Waals surface area contributed by atoms with Crippen molar-refractivity contribution in [3.8, 4) is 0 Å². The minimum absolute atomic E-state index is 0.132. The van der Waals surface area contributed by atoms with Crippen molar-refractivity contribution in [3.63, 3.8) is 0 Å². The van der Waals surface area contributed by atoms with E-state index in [9.17, 15) is 4.79 Å². The monoisotopic (exact) mass is 187 g/mol. The lowest BCUT2D eigenvalue weighted by Crippen LogP contribution is -2.26. The molecule has 70 valence electrons. The van der Waals surface area contributed by atoms with Gasteiger partial charge in [-0.1, -0.05) is 13.8 Å². The van der Waals surface area contributed by atoms with E-state index in [1.54, 1.807) is 0 Å². The van der Waals surface area contributed by atoms with Crippen LogP contribution < -0.4 is 5.32 Å². The van der Waals surface area contributed by atoms with Crippen molar-refractivity contribution in [1.82, 2.24) is 5.32 Å². The Bertz CT molecular complexity index is 179. The first-order valence-corrected chi connectivity index (χ1v) is 5.07. The van der Waals surface area contributed by atoms with Crippen LogP contribution in [0.2, 0.25) is 0 Å². The molecule has 0 radical (unpaired) electrons. The summed E-state index contributed by atoms with van der Waals surface area (Å²) in [5.41, 5.74) is 0.467. The number of hydrogen-bond donors (Lipinski definition) is 2. The minimum atomic E-state index is 0.132. The van der Waals surface area contributed by atoms with E-state index in [-0.39, 0.29) is 5.91 Å². The third-order valence-electron chi connectivity index (χ3n) is 2.60. The molecule has 1 saturated carbocycles. The molecule has 1 fully saturated rings. The second-order valence-corrected chi connectivity index (χ2v) is 4.61.